The molecular weight excluding hydrogens is 317 g/mol. The van der Waals surface area contributed by atoms with E-state index >= 15 is 0 Å². The Morgan fingerprint density at radius 2 is 1.96 bits per heavy atom. The van der Waals surface area contributed by atoms with Gasteiger partial charge in [0.15, 0.2) is 0 Å². The van der Waals surface area contributed by atoms with Gasteiger partial charge in [-0.1, -0.05) is 44.4 Å². The van der Waals surface area contributed by atoms with Gasteiger partial charge in [0, 0.05) is 6.54 Å². The van der Waals surface area contributed by atoms with Crippen LogP contribution in [0.15, 0.2) is 24.3 Å². The van der Waals surface area contributed by atoms with Crippen LogP contribution in [-0.2, 0) is 16.4 Å². The van der Waals surface area contributed by atoms with E-state index in [1.807, 2.05) is 6.92 Å². The number of carbonyl (C=O) groups excluding carboxylic acids is 1. The van der Waals surface area contributed by atoms with Gasteiger partial charge in [-0.3, -0.25) is 4.79 Å². The summed E-state index contributed by atoms with van der Waals surface area (Å²) in [4.78, 5) is 12.9. The number of benzene rings is 1. The molecule has 1 saturated carbocycles. The van der Waals surface area contributed by atoms with Crippen LogP contribution >= 0.6 is 0 Å². The van der Waals surface area contributed by atoms with Crippen LogP contribution in [0.4, 0.5) is 13.2 Å². The van der Waals surface area contributed by atoms with Crippen LogP contribution < -0.4 is 11.1 Å². The summed E-state index contributed by atoms with van der Waals surface area (Å²) < 4.78 is 39.1. The summed E-state index contributed by atoms with van der Waals surface area (Å²) in [6, 6.07) is 5.22. The van der Waals surface area contributed by atoms with Crippen LogP contribution in [0, 0.1) is 5.92 Å². The number of alkyl halides is 3. The van der Waals surface area contributed by atoms with Crippen molar-refractivity contribution < 1.29 is 18.0 Å². The number of hydrogen-bond acceptors (Lipinski definition) is 2. The summed E-state index contributed by atoms with van der Waals surface area (Å²) >= 11 is 0. The Kier molecular flexibility index (Phi) is 5.91. The van der Waals surface area contributed by atoms with E-state index in [2.05, 4.69) is 5.32 Å². The molecule has 0 radical (unpaired) electrons. The maximum atomic E-state index is 13.0. The number of nitrogens with two attached hydrogens (primary N) is 1. The van der Waals surface area contributed by atoms with Crippen LogP contribution in [0.3, 0.4) is 0 Å². The van der Waals surface area contributed by atoms with Crippen molar-refractivity contribution in [2.45, 2.75) is 50.6 Å². The van der Waals surface area contributed by atoms with Gasteiger partial charge in [0.1, 0.15) is 0 Å². The second-order valence-corrected chi connectivity index (χ2v) is 6.77. The zero-order valence-corrected chi connectivity index (χ0v) is 14.0. The fourth-order valence-corrected chi connectivity index (χ4v) is 3.31. The molecule has 134 valence electrons. The average Bonchev–Trinajstić information content (AvgIpc) is 2.59. The highest BCUT2D eigenvalue weighted by atomic mass is 19.4. The second kappa shape index (κ2) is 7.55. The van der Waals surface area contributed by atoms with Crippen molar-refractivity contribution in [2.24, 2.45) is 11.7 Å². The van der Waals surface area contributed by atoms with Crippen LogP contribution in [0.2, 0.25) is 0 Å². The molecule has 24 heavy (non-hydrogen) atoms. The highest BCUT2D eigenvalue weighted by Gasteiger charge is 2.42. The molecule has 3 nitrogen and oxygen atoms in total. The van der Waals surface area contributed by atoms with Gasteiger partial charge in [-0.2, -0.15) is 13.2 Å². The molecule has 1 aromatic rings. The van der Waals surface area contributed by atoms with Crippen LogP contribution in [0.5, 0.6) is 0 Å². The SMILES string of the molecule is CC(CN)CNC(=O)C1(c2cccc(C(F)(F)F)c2)CCCCC1. The molecule has 1 atom stereocenters. The van der Waals surface area contributed by atoms with Gasteiger partial charge in [0.2, 0.25) is 5.91 Å². The molecule has 0 saturated heterocycles. The van der Waals surface area contributed by atoms with Crippen LogP contribution in [0.25, 0.3) is 0 Å². The van der Waals surface area contributed by atoms with Crippen LogP contribution in [-0.4, -0.2) is 19.0 Å². The maximum Gasteiger partial charge on any atom is 0.416 e. The van der Waals surface area contributed by atoms with Crippen molar-refractivity contribution in [1.82, 2.24) is 5.32 Å². The Balaban J connectivity index is 2.32. The normalized spacial score (nSPS) is 18.9. The fourth-order valence-electron chi connectivity index (χ4n) is 3.31. The highest BCUT2D eigenvalue weighted by molar-refractivity contribution is 5.88. The minimum absolute atomic E-state index is 0.135. The predicted molar refractivity (Wildman–Crippen MR) is 87.4 cm³/mol. The number of carbonyl (C=O) groups is 1. The molecule has 1 fully saturated rings. The van der Waals surface area contributed by atoms with Crippen molar-refractivity contribution in [2.75, 3.05) is 13.1 Å². The van der Waals surface area contributed by atoms with Gasteiger partial charge in [0.05, 0.1) is 11.0 Å². The zero-order chi connectivity index (χ0) is 17.8. The topological polar surface area (TPSA) is 55.1 Å². The predicted octanol–water partition coefficient (Wildman–Crippen LogP) is 3.62. The third-order valence-corrected chi connectivity index (χ3v) is 4.90. The molecule has 0 heterocycles. The summed E-state index contributed by atoms with van der Waals surface area (Å²) in [6.07, 6.45) is -0.551. The summed E-state index contributed by atoms with van der Waals surface area (Å²) in [5, 5.41) is 2.90. The lowest BCUT2D eigenvalue weighted by atomic mass is 9.68. The van der Waals surface area contributed by atoms with E-state index in [1.165, 1.54) is 6.07 Å². The van der Waals surface area contributed by atoms with E-state index in [-0.39, 0.29) is 11.8 Å². The molecule has 1 aliphatic carbocycles. The lowest BCUT2D eigenvalue weighted by Gasteiger charge is -2.37. The summed E-state index contributed by atoms with van der Waals surface area (Å²) in [6.45, 7) is 2.82. The fraction of sp³-hybridized carbons (Fsp3) is 0.611. The van der Waals surface area contributed by atoms with E-state index in [0.717, 1.165) is 31.4 Å². The van der Waals surface area contributed by atoms with Crippen molar-refractivity contribution in [1.29, 1.82) is 0 Å². The second-order valence-electron chi connectivity index (χ2n) is 6.77. The van der Waals surface area contributed by atoms with Gasteiger partial charge >= 0.3 is 6.18 Å². The monoisotopic (exact) mass is 342 g/mol. The standard InChI is InChI=1S/C18H25F3N2O/c1-13(11-22)12-23-16(24)17(8-3-2-4-9-17)14-6-5-7-15(10-14)18(19,20)21/h5-7,10,13H,2-4,8-9,11-12,22H2,1H3,(H,23,24). The molecule has 3 N–H and O–H groups in total. The number of halogens is 3. The molecule has 0 bridgehead atoms. The van der Waals surface area contributed by atoms with Gasteiger partial charge < -0.3 is 11.1 Å². The Morgan fingerprint density at radius 3 is 2.54 bits per heavy atom. The number of hydrogen-bond donors (Lipinski definition) is 2. The molecule has 1 amide bonds. The van der Waals surface area contributed by atoms with Gasteiger partial charge in [0.25, 0.3) is 0 Å². The number of amides is 1. The van der Waals surface area contributed by atoms with Crippen molar-refractivity contribution in [3.8, 4) is 0 Å². The number of rotatable bonds is 5. The van der Waals surface area contributed by atoms with E-state index in [4.69, 9.17) is 5.73 Å². The molecule has 0 aromatic heterocycles. The van der Waals surface area contributed by atoms with Gasteiger partial charge in [-0.05, 0) is 36.9 Å². The summed E-state index contributed by atoms with van der Waals surface area (Å²) in [7, 11) is 0. The van der Waals surface area contributed by atoms with Crippen molar-refractivity contribution >= 4 is 5.91 Å². The van der Waals surface area contributed by atoms with Crippen molar-refractivity contribution in [3.05, 3.63) is 35.4 Å². The highest BCUT2D eigenvalue weighted by Crippen LogP contribution is 2.41. The Morgan fingerprint density at radius 1 is 1.29 bits per heavy atom. The molecule has 2 rings (SSSR count). The maximum absolute atomic E-state index is 13.0. The average molecular weight is 342 g/mol. The van der Waals surface area contributed by atoms with Gasteiger partial charge in [-0.15, -0.1) is 0 Å². The van der Waals surface area contributed by atoms with E-state index < -0.39 is 17.2 Å². The third kappa shape index (κ3) is 4.09. The molecule has 6 heteroatoms. The minimum atomic E-state index is -4.41. The molecule has 0 spiro atoms. The van der Waals surface area contributed by atoms with Gasteiger partial charge in [-0.25, -0.2) is 0 Å². The quantitative estimate of drug-likeness (QED) is 0.859. The Bertz CT molecular complexity index is 566. The first-order chi connectivity index (χ1) is 11.3. The Labute approximate surface area is 140 Å². The molecule has 0 aliphatic heterocycles. The molecule has 1 aliphatic rings. The van der Waals surface area contributed by atoms with E-state index in [1.54, 1.807) is 6.07 Å². The van der Waals surface area contributed by atoms with E-state index in [9.17, 15) is 18.0 Å². The lowest BCUT2D eigenvalue weighted by Crippen LogP contribution is -2.47. The zero-order valence-electron chi connectivity index (χ0n) is 14.0. The first kappa shape index (κ1) is 18.8. The molecule has 1 unspecified atom stereocenters. The summed E-state index contributed by atoms with van der Waals surface area (Å²) in [5.74, 6) is -0.0436. The first-order valence-corrected chi connectivity index (χ1v) is 8.46. The third-order valence-electron chi connectivity index (χ3n) is 4.90. The number of nitrogens with one attached hydrogen (secondary N) is 1. The summed E-state index contributed by atoms with van der Waals surface area (Å²) in [5.41, 5.74) is 4.47. The van der Waals surface area contributed by atoms with E-state index in [0.29, 0.717) is 31.5 Å². The minimum Gasteiger partial charge on any atom is -0.355 e. The molecular formula is C18H25F3N2O. The van der Waals surface area contributed by atoms with Crippen molar-refractivity contribution in [3.63, 3.8) is 0 Å². The van der Waals surface area contributed by atoms with Crippen LogP contribution in [0.1, 0.15) is 50.2 Å². The Hall–Kier alpha value is -1.56. The molecule has 1 aromatic carbocycles. The largest absolute Gasteiger partial charge is 0.416 e. The lowest BCUT2D eigenvalue weighted by molar-refractivity contribution is -0.138. The smallest absolute Gasteiger partial charge is 0.355 e. The first-order valence-electron chi connectivity index (χ1n) is 8.46.